The largest absolute Gasteiger partial charge is 0.456 e. The van der Waals surface area contributed by atoms with Crippen LogP contribution in [0.1, 0.15) is 0 Å². The molecule has 64 heavy (non-hydrogen) atoms. The molecule has 0 fully saturated rings. The third-order valence-electron chi connectivity index (χ3n) is 13.4. The highest BCUT2D eigenvalue weighted by Crippen LogP contribution is 2.45. The predicted octanol–water partition coefficient (Wildman–Crippen LogP) is 16.2. The van der Waals surface area contributed by atoms with E-state index in [2.05, 4.69) is 238 Å². The summed E-state index contributed by atoms with van der Waals surface area (Å²) in [7, 11) is 0. The molecule has 4 heteroatoms. The molecule has 298 valence electrons. The molecular formula is C60H37N3O. The summed E-state index contributed by atoms with van der Waals surface area (Å²) in [5.41, 5.74) is 16.8. The molecule has 14 rings (SSSR count). The second-order valence-electron chi connectivity index (χ2n) is 16.9. The van der Waals surface area contributed by atoms with Gasteiger partial charge in [0.2, 0.25) is 0 Å². The first kappa shape index (κ1) is 35.0. The van der Waals surface area contributed by atoms with Crippen molar-refractivity contribution in [3.8, 4) is 39.3 Å². The molecule has 0 unspecified atom stereocenters. The van der Waals surface area contributed by atoms with Crippen LogP contribution in [0.4, 0.5) is 0 Å². The number of hydrogen-bond donors (Lipinski definition) is 0. The van der Waals surface area contributed by atoms with Crippen molar-refractivity contribution < 1.29 is 4.42 Å². The molecule has 0 atom stereocenters. The molecule has 4 heterocycles. The van der Waals surface area contributed by atoms with Gasteiger partial charge in [-0.05, 0) is 102 Å². The maximum atomic E-state index is 6.60. The fraction of sp³-hybridized carbons (Fsp3) is 0. The van der Waals surface area contributed by atoms with Gasteiger partial charge in [0.1, 0.15) is 11.2 Å². The van der Waals surface area contributed by atoms with Crippen molar-refractivity contribution >= 4 is 87.4 Å². The Hall–Kier alpha value is -8.60. The van der Waals surface area contributed by atoms with Crippen molar-refractivity contribution in [2.24, 2.45) is 0 Å². The van der Waals surface area contributed by atoms with Gasteiger partial charge in [-0.2, -0.15) is 0 Å². The van der Waals surface area contributed by atoms with E-state index in [9.17, 15) is 0 Å². The lowest BCUT2D eigenvalue weighted by atomic mass is 9.96. The molecule has 0 bridgehead atoms. The Bertz CT molecular complexity index is 4140. The number of hydrogen-bond acceptors (Lipinski definition) is 1. The van der Waals surface area contributed by atoms with Crippen LogP contribution in [0.2, 0.25) is 0 Å². The normalized spacial score (nSPS) is 12.1. The number of nitrogens with zero attached hydrogens (tertiary/aromatic N) is 3. The second kappa shape index (κ2) is 13.4. The van der Waals surface area contributed by atoms with E-state index in [-0.39, 0.29) is 0 Å². The van der Waals surface area contributed by atoms with Crippen molar-refractivity contribution in [1.82, 2.24) is 13.7 Å². The van der Waals surface area contributed by atoms with Crippen LogP contribution in [0.25, 0.3) is 127 Å². The van der Waals surface area contributed by atoms with Crippen molar-refractivity contribution in [2.75, 3.05) is 0 Å². The van der Waals surface area contributed by atoms with E-state index in [4.69, 9.17) is 4.42 Å². The van der Waals surface area contributed by atoms with Gasteiger partial charge in [0, 0.05) is 54.6 Å². The van der Waals surface area contributed by atoms with Crippen LogP contribution in [0.3, 0.4) is 0 Å². The number of furan rings is 1. The second-order valence-corrected chi connectivity index (χ2v) is 16.9. The van der Waals surface area contributed by atoms with E-state index in [0.717, 1.165) is 61.2 Å². The van der Waals surface area contributed by atoms with Crippen LogP contribution in [0.15, 0.2) is 229 Å². The summed E-state index contributed by atoms with van der Waals surface area (Å²) < 4.78 is 13.9. The van der Waals surface area contributed by atoms with E-state index in [0.29, 0.717) is 0 Å². The average molecular weight is 816 g/mol. The van der Waals surface area contributed by atoms with Crippen LogP contribution in [0.5, 0.6) is 0 Å². The fourth-order valence-electron chi connectivity index (χ4n) is 10.7. The first-order chi connectivity index (χ1) is 31.8. The highest BCUT2D eigenvalue weighted by Gasteiger charge is 2.23. The molecule has 0 aliphatic heterocycles. The molecule has 0 saturated carbocycles. The highest BCUT2D eigenvalue weighted by atomic mass is 16.3. The van der Waals surface area contributed by atoms with Crippen LogP contribution >= 0.6 is 0 Å². The van der Waals surface area contributed by atoms with E-state index in [1.54, 1.807) is 0 Å². The quantitative estimate of drug-likeness (QED) is 0.170. The van der Waals surface area contributed by atoms with Crippen LogP contribution in [-0.2, 0) is 0 Å². The molecule has 0 aliphatic rings. The summed E-state index contributed by atoms with van der Waals surface area (Å²) in [6.07, 6.45) is 0. The van der Waals surface area contributed by atoms with E-state index >= 15 is 0 Å². The lowest BCUT2D eigenvalue weighted by Crippen LogP contribution is -1.99. The number of aromatic nitrogens is 3. The number of para-hydroxylation sites is 5. The number of benzene rings is 10. The van der Waals surface area contributed by atoms with Crippen LogP contribution in [-0.4, -0.2) is 13.7 Å². The van der Waals surface area contributed by atoms with Gasteiger partial charge in [0.25, 0.3) is 0 Å². The summed E-state index contributed by atoms with van der Waals surface area (Å²) in [6.45, 7) is 0. The van der Waals surface area contributed by atoms with Crippen molar-refractivity contribution in [2.45, 2.75) is 0 Å². The Morgan fingerprint density at radius 1 is 0.266 bits per heavy atom. The molecule has 10 aromatic carbocycles. The minimum absolute atomic E-state index is 0.868. The van der Waals surface area contributed by atoms with Gasteiger partial charge >= 0.3 is 0 Å². The number of fused-ring (bicyclic) bond motifs is 12. The van der Waals surface area contributed by atoms with Gasteiger partial charge in [0.15, 0.2) is 0 Å². The van der Waals surface area contributed by atoms with Gasteiger partial charge in [0.05, 0.1) is 44.2 Å². The van der Waals surface area contributed by atoms with E-state index in [1.165, 1.54) is 65.5 Å². The molecule has 0 saturated heterocycles. The molecular weight excluding hydrogens is 779 g/mol. The van der Waals surface area contributed by atoms with Gasteiger partial charge in [-0.25, -0.2) is 0 Å². The Balaban J connectivity index is 1.02. The summed E-state index contributed by atoms with van der Waals surface area (Å²) >= 11 is 0. The molecule has 4 nitrogen and oxygen atoms in total. The van der Waals surface area contributed by atoms with Gasteiger partial charge in [-0.3, -0.25) is 0 Å². The van der Waals surface area contributed by atoms with Crippen LogP contribution in [0, 0.1) is 0 Å². The van der Waals surface area contributed by atoms with E-state index in [1.807, 2.05) is 0 Å². The van der Waals surface area contributed by atoms with Crippen LogP contribution < -0.4 is 0 Å². The van der Waals surface area contributed by atoms with Crippen molar-refractivity contribution in [1.29, 1.82) is 0 Å². The summed E-state index contributed by atoms with van der Waals surface area (Å²) in [6, 6.07) is 81.5. The Morgan fingerprint density at radius 2 is 0.719 bits per heavy atom. The van der Waals surface area contributed by atoms with Gasteiger partial charge in [-0.1, -0.05) is 140 Å². The van der Waals surface area contributed by atoms with Crippen molar-refractivity contribution in [3.63, 3.8) is 0 Å². The smallest absolute Gasteiger partial charge is 0.137 e. The molecule has 14 aromatic rings. The lowest BCUT2D eigenvalue weighted by molar-refractivity contribution is 0.669. The van der Waals surface area contributed by atoms with Crippen molar-refractivity contribution in [3.05, 3.63) is 224 Å². The molecule has 0 N–H and O–H groups in total. The zero-order chi connectivity index (χ0) is 41.9. The molecule has 0 amide bonds. The Labute approximate surface area is 367 Å². The predicted molar refractivity (Wildman–Crippen MR) is 268 cm³/mol. The molecule has 0 spiro atoms. The summed E-state index contributed by atoms with van der Waals surface area (Å²) in [5, 5.41) is 9.56. The zero-order valence-corrected chi connectivity index (χ0v) is 34.6. The topological polar surface area (TPSA) is 27.9 Å². The first-order valence-electron chi connectivity index (χ1n) is 21.9. The van der Waals surface area contributed by atoms with Gasteiger partial charge in [-0.15, -0.1) is 0 Å². The minimum Gasteiger partial charge on any atom is -0.456 e. The molecule has 0 radical (unpaired) electrons. The number of rotatable bonds is 5. The first-order valence-corrected chi connectivity index (χ1v) is 21.9. The van der Waals surface area contributed by atoms with E-state index < -0.39 is 0 Å². The molecule has 0 aliphatic carbocycles. The monoisotopic (exact) mass is 815 g/mol. The van der Waals surface area contributed by atoms with Gasteiger partial charge < -0.3 is 18.1 Å². The molecule has 4 aromatic heterocycles. The third-order valence-corrected chi connectivity index (χ3v) is 13.4. The zero-order valence-electron chi connectivity index (χ0n) is 34.6. The lowest BCUT2D eigenvalue weighted by Gasteiger charge is -2.17. The highest BCUT2D eigenvalue weighted by molar-refractivity contribution is 6.18. The average Bonchev–Trinajstić information content (AvgIpc) is 4.10. The third kappa shape index (κ3) is 4.99. The SMILES string of the molecule is c1ccc(-c2cccc(-c3ccc4oc5ccccc5c4c3-n3c4ccccc4c4cc(-n5c6ccccc6c6cc(-n7c8ccccc8c8ccccc87)ccc65)ccc43)c2)cc1. The standard InChI is InChI=1S/C60H37N3O/c1-2-15-38(16-3-1)39-17-14-18-40(35-39)43-31-34-58-59(48-23-8-13-28-57(48)64-58)60(43)63-54-27-12-7-22-47(54)50-37-42(30-33-56(50)63)62-53-26-11-6-21-46(53)49-36-41(29-32-55(49)62)61-51-24-9-4-19-44(51)45-20-5-10-25-52(45)61/h1-37H. The Morgan fingerprint density at radius 3 is 1.33 bits per heavy atom. The fourth-order valence-corrected chi connectivity index (χ4v) is 10.7. The Kier molecular flexibility index (Phi) is 7.36. The maximum absolute atomic E-state index is 6.60. The summed E-state index contributed by atoms with van der Waals surface area (Å²) in [5.74, 6) is 0. The maximum Gasteiger partial charge on any atom is 0.137 e. The summed E-state index contributed by atoms with van der Waals surface area (Å²) in [4.78, 5) is 0. The minimum atomic E-state index is 0.868.